The van der Waals surface area contributed by atoms with E-state index in [1.165, 1.54) is 18.4 Å². The van der Waals surface area contributed by atoms with Gasteiger partial charge in [-0.2, -0.15) is 5.10 Å². The average Bonchev–Trinajstić information content (AvgIpc) is 2.89. The van der Waals surface area contributed by atoms with Crippen LogP contribution in [0.25, 0.3) is 10.2 Å². The van der Waals surface area contributed by atoms with Crippen molar-refractivity contribution in [1.82, 2.24) is 15.2 Å². The SMILES string of the molecule is COc1cncc(NC(=O)c2sc3nnc(C)c(C)c3c2N)c1. The van der Waals surface area contributed by atoms with Crippen LogP contribution in [-0.2, 0) is 0 Å². The number of ether oxygens (including phenoxy) is 1. The standard InChI is InChI=1S/C15H15N5O2S/c1-7-8(2)19-20-15-11(7)12(16)13(23-15)14(21)18-9-4-10(22-3)6-17-5-9/h4-6H,16H2,1-3H3,(H,18,21). The molecule has 0 bridgehead atoms. The highest BCUT2D eigenvalue weighted by molar-refractivity contribution is 7.21. The smallest absolute Gasteiger partial charge is 0.268 e. The highest BCUT2D eigenvalue weighted by atomic mass is 32.1. The van der Waals surface area contributed by atoms with Gasteiger partial charge in [0.05, 0.1) is 36.6 Å². The molecular weight excluding hydrogens is 314 g/mol. The third-order valence-corrected chi connectivity index (χ3v) is 4.64. The molecule has 8 heteroatoms. The Morgan fingerprint density at radius 3 is 2.83 bits per heavy atom. The molecule has 0 aliphatic heterocycles. The average molecular weight is 329 g/mol. The van der Waals surface area contributed by atoms with E-state index in [9.17, 15) is 4.79 Å². The summed E-state index contributed by atoms with van der Waals surface area (Å²) in [5.74, 6) is 0.252. The van der Waals surface area contributed by atoms with Gasteiger partial charge in [-0.25, -0.2) is 0 Å². The van der Waals surface area contributed by atoms with Gasteiger partial charge in [-0.3, -0.25) is 9.78 Å². The number of rotatable bonds is 3. The largest absolute Gasteiger partial charge is 0.495 e. The lowest BCUT2D eigenvalue weighted by Gasteiger charge is -2.06. The molecule has 3 heterocycles. The van der Waals surface area contributed by atoms with E-state index in [1.54, 1.807) is 18.5 Å². The molecular formula is C15H15N5O2S. The minimum Gasteiger partial charge on any atom is -0.495 e. The van der Waals surface area contributed by atoms with Crippen LogP contribution in [0.5, 0.6) is 5.75 Å². The van der Waals surface area contributed by atoms with Crippen LogP contribution in [0.1, 0.15) is 20.9 Å². The van der Waals surface area contributed by atoms with Crippen molar-refractivity contribution in [1.29, 1.82) is 0 Å². The molecule has 0 fully saturated rings. The van der Waals surface area contributed by atoms with Crippen LogP contribution >= 0.6 is 11.3 Å². The Balaban J connectivity index is 1.98. The second kappa shape index (κ2) is 5.81. The van der Waals surface area contributed by atoms with Crippen LogP contribution in [0.2, 0.25) is 0 Å². The fourth-order valence-corrected chi connectivity index (χ4v) is 3.19. The number of hydrogen-bond acceptors (Lipinski definition) is 7. The van der Waals surface area contributed by atoms with Gasteiger partial charge in [-0.15, -0.1) is 16.4 Å². The number of pyridine rings is 1. The molecule has 3 aromatic heterocycles. The molecule has 0 radical (unpaired) electrons. The van der Waals surface area contributed by atoms with Crippen molar-refractivity contribution in [3.05, 3.63) is 34.6 Å². The Labute approximate surface area is 136 Å². The number of nitrogens with one attached hydrogen (secondary N) is 1. The molecule has 0 aromatic carbocycles. The van der Waals surface area contributed by atoms with Gasteiger partial charge in [0.15, 0.2) is 0 Å². The van der Waals surface area contributed by atoms with Crippen LogP contribution in [0.4, 0.5) is 11.4 Å². The number of carbonyl (C=O) groups excluding carboxylic acids is 1. The highest BCUT2D eigenvalue weighted by Crippen LogP contribution is 2.35. The lowest BCUT2D eigenvalue weighted by molar-refractivity contribution is 0.103. The van der Waals surface area contributed by atoms with Crippen molar-refractivity contribution in [2.75, 3.05) is 18.2 Å². The molecule has 0 aliphatic carbocycles. The number of aryl methyl sites for hydroxylation is 2. The third kappa shape index (κ3) is 2.68. The van der Waals surface area contributed by atoms with Crippen molar-refractivity contribution in [3.63, 3.8) is 0 Å². The highest BCUT2D eigenvalue weighted by Gasteiger charge is 2.20. The van der Waals surface area contributed by atoms with Gasteiger partial charge in [-0.1, -0.05) is 0 Å². The number of carbonyl (C=O) groups is 1. The number of nitrogens with two attached hydrogens (primary N) is 1. The van der Waals surface area contributed by atoms with E-state index in [0.29, 0.717) is 26.8 Å². The van der Waals surface area contributed by atoms with Gasteiger partial charge in [0.1, 0.15) is 15.5 Å². The lowest BCUT2D eigenvalue weighted by Crippen LogP contribution is -2.12. The van der Waals surface area contributed by atoms with Crippen molar-refractivity contribution in [3.8, 4) is 5.75 Å². The predicted molar refractivity (Wildman–Crippen MR) is 90.0 cm³/mol. The molecule has 3 rings (SSSR count). The van der Waals surface area contributed by atoms with Gasteiger partial charge in [-0.05, 0) is 19.4 Å². The van der Waals surface area contributed by atoms with E-state index in [-0.39, 0.29) is 5.91 Å². The molecule has 23 heavy (non-hydrogen) atoms. The summed E-state index contributed by atoms with van der Waals surface area (Å²) in [6.45, 7) is 3.78. The van der Waals surface area contributed by atoms with Crippen molar-refractivity contribution in [2.24, 2.45) is 0 Å². The summed E-state index contributed by atoms with van der Waals surface area (Å²) in [5.41, 5.74) is 8.85. The molecule has 3 N–H and O–H groups in total. The number of hydrogen-bond donors (Lipinski definition) is 2. The maximum atomic E-state index is 12.5. The van der Waals surface area contributed by atoms with Gasteiger partial charge >= 0.3 is 0 Å². The zero-order valence-electron chi connectivity index (χ0n) is 12.9. The zero-order valence-corrected chi connectivity index (χ0v) is 13.7. The van der Waals surface area contributed by atoms with Gasteiger partial charge < -0.3 is 15.8 Å². The molecule has 0 aliphatic rings. The normalized spacial score (nSPS) is 10.7. The number of amides is 1. The summed E-state index contributed by atoms with van der Waals surface area (Å²) >= 11 is 1.22. The predicted octanol–water partition coefficient (Wildman–Crippen LogP) is 2.55. The first-order valence-corrected chi connectivity index (χ1v) is 7.65. The second-order valence-electron chi connectivity index (χ2n) is 5.00. The van der Waals surface area contributed by atoms with Crippen molar-refractivity contribution >= 4 is 38.8 Å². The summed E-state index contributed by atoms with van der Waals surface area (Å²) in [4.78, 5) is 17.6. The Morgan fingerprint density at radius 1 is 1.30 bits per heavy atom. The van der Waals surface area contributed by atoms with Gasteiger partial charge in [0.25, 0.3) is 5.91 Å². The molecule has 7 nitrogen and oxygen atoms in total. The Kier molecular flexibility index (Phi) is 3.83. The second-order valence-corrected chi connectivity index (χ2v) is 6.00. The number of fused-ring (bicyclic) bond motifs is 1. The minimum atomic E-state index is -0.308. The van der Waals surface area contributed by atoms with E-state index in [4.69, 9.17) is 10.5 Å². The molecule has 1 amide bonds. The molecule has 0 spiro atoms. The van der Waals surface area contributed by atoms with E-state index in [2.05, 4.69) is 20.5 Å². The molecule has 0 saturated heterocycles. The first-order chi connectivity index (χ1) is 11.0. The summed E-state index contributed by atoms with van der Waals surface area (Å²) in [6, 6.07) is 1.68. The van der Waals surface area contributed by atoms with Crippen LogP contribution in [0, 0.1) is 13.8 Å². The van der Waals surface area contributed by atoms with E-state index < -0.39 is 0 Å². The number of aromatic nitrogens is 3. The van der Waals surface area contributed by atoms with E-state index >= 15 is 0 Å². The first-order valence-electron chi connectivity index (χ1n) is 6.83. The fraction of sp³-hybridized carbons (Fsp3) is 0.200. The monoisotopic (exact) mass is 329 g/mol. The lowest BCUT2D eigenvalue weighted by atomic mass is 10.1. The molecule has 3 aromatic rings. The molecule has 118 valence electrons. The third-order valence-electron chi connectivity index (χ3n) is 3.55. The van der Waals surface area contributed by atoms with Crippen LogP contribution < -0.4 is 15.8 Å². The maximum Gasteiger partial charge on any atom is 0.268 e. The fourth-order valence-electron chi connectivity index (χ4n) is 2.20. The van der Waals surface area contributed by atoms with Gasteiger partial charge in [0, 0.05) is 11.5 Å². The topological polar surface area (TPSA) is 103 Å². The zero-order chi connectivity index (χ0) is 16.6. The number of thiophene rings is 1. The Morgan fingerprint density at radius 2 is 2.09 bits per heavy atom. The Hall–Kier alpha value is -2.74. The summed E-state index contributed by atoms with van der Waals surface area (Å²) in [6.07, 6.45) is 3.10. The number of nitrogen functional groups attached to an aromatic ring is 1. The van der Waals surface area contributed by atoms with Crippen LogP contribution in [-0.4, -0.2) is 28.2 Å². The molecule has 0 unspecified atom stereocenters. The van der Waals surface area contributed by atoms with Crippen molar-refractivity contribution < 1.29 is 9.53 Å². The number of anilines is 2. The summed E-state index contributed by atoms with van der Waals surface area (Å²) < 4.78 is 5.09. The first kappa shape index (κ1) is 15.2. The van der Waals surface area contributed by atoms with E-state index in [0.717, 1.165) is 16.6 Å². The van der Waals surface area contributed by atoms with E-state index in [1.807, 2.05) is 13.8 Å². The maximum absolute atomic E-state index is 12.5. The van der Waals surface area contributed by atoms with Crippen LogP contribution in [0.3, 0.4) is 0 Å². The molecule has 0 saturated carbocycles. The quantitative estimate of drug-likeness (QED) is 0.765. The Bertz CT molecular complexity index is 906. The summed E-state index contributed by atoms with van der Waals surface area (Å²) in [5, 5.41) is 11.7. The molecule has 0 atom stereocenters. The van der Waals surface area contributed by atoms with Gasteiger partial charge in [0.2, 0.25) is 0 Å². The van der Waals surface area contributed by atoms with Crippen LogP contribution in [0.15, 0.2) is 18.5 Å². The number of methoxy groups -OCH3 is 1. The van der Waals surface area contributed by atoms with Crippen molar-refractivity contribution in [2.45, 2.75) is 13.8 Å². The summed E-state index contributed by atoms with van der Waals surface area (Å²) in [7, 11) is 1.54. The minimum absolute atomic E-state index is 0.308. The number of nitrogens with zero attached hydrogens (tertiary/aromatic N) is 3.